The molecule has 2 aliphatic rings. The van der Waals surface area contributed by atoms with E-state index in [9.17, 15) is 0 Å². The molecule has 3 heteroatoms. The zero-order valence-electron chi connectivity index (χ0n) is 10.9. The molecule has 0 spiro atoms. The van der Waals surface area contributed by atoms with Crippen molar-refractivity contribution in [3.05, 3.63) is 23.8 Å². The second-order valence-corrected chi connectivity index (χ2v) is 5.23. The van der Waals surface area contributed by atoms with Crippen LogP contribution in [0.3, 0.4) is 0 Å². The largest absolute Gasteiger partial charge is 0.493 e. The van der Waals surface area contributed by atoms with E-state index < -0.39 is 0 Å². The second-order valence-electron chi connectivity index (χ2n) is 5.23. The molecule has 1 aliphatic carbocycles. The molecule has 0 aromatic heterocycles. The molecule has 1 saturated carbocycles. The zero-order valence-corrected chi connectivity index (χ0v) is 10.9. The van der Waals surface area contributed by atoms with Gasteiger partial charge in [-0.15, -0.1) is 0 Å². The predicted molar refractivity (Wildman–Crippen MR) is 71.2 cm³/mol. The first-order valence-electron chi connectivity index (χ1n) is 6.95. The van der Waals surface area contributed by atoms with Crippen molar-refractivity contribution in [1.82, 2.24) is 5.32 Å². The van der Waals surface area contributed by atoms with Crippen molar-refractivity contribution in [2.24, 2.45) is 0 Å². The second kappa shape index (κ2) is 5.19. The van der Waals surface area contributed by atoms with E-state index >= 15 is 0 Å². The summed E-state index contributed by atoms with van der Waals surface area (Å²) in [6, 6.07) is 6.83. The van der Waals surface area contributed by atoms with Crippen LogP contribution in [0.25, 0.3) is 0 Å². The number of benzene rings is 1. The van der Waals surface area contributed by atoms with Gasteiger partial charge in [0.15, 0.2) is 11.5 Å². The lowest BCUT2D eigenvalue weighted by Crippen LogP contribution is -2.24. The van der Waals surface area contributed by atoms with Gasteiger partial charge in [-0.2, -0.15) is 0 Å². The topological polar surface area (TPSA) is 30.5 Å². The van der Waals surface area contributed by atoms with Gasteiger partial charge < -0.3 is 14.8 Å². The van der Waals surface area contributed by atoms with E-state index in [1.165, 1.54) is 37.7 Å². The van der Waals surface area contributed by atoms with Crippen LogP contribution in [0, 0.1) is 0 Å². The molecule has 0 amide bonds. The van der Waals surface area contributed by atoms with Crippen molar-refractivity contribution in [2.45, 2.75) is 44.2 Å². The highest BCUT2D eigenvalue weighted by atomic mass is 16.5. The number of ether oxygens (including phenoxy) is 2. The molecule has 1 unspecified atom stereocenters. The number of methoxy groups -OCH3 is 1. The minimum atomic E-state index is 0.398. The van der Waals surface area contributed by atoms with Crippen molar-refractivity contribution in [2.75, 3.05) is 13.7 Å². The average Bonchev–Trinajstić information content (AvgIpc) is 2.87. The third-order valence-electron chi connectivity index (χ3n) is 4.00. The van der Waals surface area contributed by atoms with Crippen LogP contribution in [0.2, 0.25) is 0 Å². The van der Waals surface area contributed by atoms with Crippen LogP contribution >= 0.6 is 0 Å². The van der Waals surface area contributed by atoms with Crippen LogP contribution in [0.5, 0.6) is 11.5 Å². The van der Waals surface area contributed by atoms with E-state index in [1.807, 2.05) is 0 Å². The van der Waals surface area contributed by atoms with E-state index in [0.717, 1.165) is 18.0 Å². The Balaban J connectivity index is 1.77. The fourth-order valence-corrected chi connectivity index (χ4v) is 2.64. The standard InChI is InChI=1S/C15H21NO2/c1-17-15-10-11(13-6-3-9-16-13)7-8-14(15)18-12-4-2-5-12/h7-8,10,12-13,16H,2-6,9H2,1H3. The Morgan fingerprint density at radius 2 is 2.00 bits per heavy atom. The summed E-state index contributed by atoms with van der Waals surface area (Å²) in [5, 5.41) is 3.51. The summed E-state index contributed by atoms with van der Waals surface area (Å²) in [6.45, 7) is 1.12. The summed E-state index contributed by atoms with van der Waals surface area (Å²) in [6.07, 6.45) is 6.51. The van der Waals surface area contributed by atoms with Gasteiger partial charge in [-0.25, -0.2) is 0 Å². The van der Waals surface area contributed by atoms with Gasteiger partial charge in [0.2, 0.25) is 0 Å². The smallest absolute Gasteiger partial charge is 0.161 e. The third-order valence-corrected chi connectivity index (χ3v) is 4.00. The number of nitrogens with one attached hydrogen (secondary N) is 1. The quantitative estimate of drug-likeness (QED) is 0.887. The number of hydrogen-bond acceptors (Lipinski definition) is 3. The van der Waals surface area contributed by atoms with Gasteiger partial charge in [0.25, 0.3) is 0 Å². The summed E-state index contributed by atoms with van der Waals surface area (Å²) < 4.78 is 11.4. The highest BCUT2D eigenvalue weighted by Gasteiger charge is 2.22. The maximum absolute atomic E-state index is 5.94. The molecule has 1 atom stereocenters. The first kappa shape index (κ1) is 11.8. The van der Waals surface area contributed by atoms with Crippen molar-refractivity contribution >= 4 is 0 Å². The van der Waals surface area contributed by atoms with E-state index in [4.69, 9.17) is 9.47 Å². The molecule has 98 valence electrons. The Labute approximate surface area is 108 Å². The maximum atomic E-state index is 5.94. The molecule has 1 aromatic carbocycles. The molecule has 18 heavy (non-hydrogen) atoms. The van der Waals surface area contributed by atoms with Gasteiger partial charge in [-0.05, 0) is 56.3 Å². The molecular weight excluding hydrogens is 226 g/mol. The molecule has 1 saturated heterocycles. The molecule has 3 nitrogen and oxygen atoms in total. The lowest BCUT2D eigenvalue weighted by molar-refractivity contribution is 0.116. The molecule has 0 radical (unpaired) electrons. The van der Waals surface area contributed by atoms with Crippen LogP contribution in [-0.4, -0.2) is 19.8 Å². The van der Waals surface area contributed by atoms with Crippen molar-refractivity contribution < 1.29 is 9.47 Å². The Morgan fingerprint density at radius 1 is 1.11 bits per heavy atom. The molecular formula is C15H21NO2. The molecule has 2 fully saturated rings. The van der Waals surface area contributed by atoms with Crippen LogP contribution in [-0.2, 0) is 0 Å². The summed E-state index contributed by atoms with van der Waals surface area (Å²) in [7, 11) is 1.72. The van der Waals surface area contributed by atoms with Gasteiger partial charge >= 0.3 is 0 Å². The molecule has 1 N–H and O–H groups in total. The minimum absolute atomic E-state index is 0.398. The van der Waals surface area contributed by atoms with Crippen molar-refractivity contribution in [3.8, 4) is 11.5 Å². The summed E-state index contributed by atoms with van der Waals surface area (Å²) in [5.74, 6) is 1.76. The summed E-state index contributed by atoms with van der Waals surface area (Å²) in [4.78, 5) is 0. The Bertz CT molecular complexity index is 409. The van der Waals surface area contributed by atoms with E-state index in [1.54, 1.807) is 7.11 Å². The number of hydrogen-bond donors (Lipinski definition) is 1. The monoisotopic (exact) mass is 247 g/mol. The predicted octanol–water partition coefficient (Wildman–Crippen LogP) is 3.05. The Kier molecular flexibility index (Phi) is 3.41. The van der Waals surface area contributed by atoms with Crippen LogP contribution in [0.1, 0.15) is 43.7 Å². The number of rotatable bonds is 4. The molecule has 0 bridgehead atoms. The molecule has 1 aliphatic heterocycles. The van der Waals surface area contributed by atoms with Crippen molar-refractivity contribution in [3.63, 3.8) is 0 Å². The highest BCUT2D eigenvalue weighted by molar-refractivity contribution is 5.44. The average molecular weight is 247 g/mol. The molecule has 3 rings (SSSR count). The van der Waals surface area contributed by atoms with Gasteiger partial charge in [0.05, 0.1) is 13.2 Å². The fourth-order valence-electron chi connectivity index (χ4n) is 2.64. The maximum Gasteiger partial charge on any atom is 0.161 e. The molecule has 1 aromatic rings. The van der Waals surface area contributed by atoms with E-state index in [2.05, 4.69) is 23.5 Å². The van der Waals surface area contributed by atoms with E-state index in [-0.39, 0.29) is 0 Å². The summed E-state index contributed by atoms with van der Waals surface area (Å²) in [5.41, 5.74) is 1.31. The van der Waals surface area contributed by atoms with Gasteiger partial charge in [0, 0.05) is 6.04 Å². The van der Waals surface area contributed by atoms with Gasteiger partial charge in [-0.3, -0.25) is 0 Å². The minimum Gasteiger partial charge on any atom is -0.493 e. The SMILES string of the molecule is COc1cc(C2CCCN2)ccc1OC1CCC1. The van der Waals surface area contributed by atoms with Crippen LogP contribution < -0.4 is 14.8 Å². The van der Waals surface area contributed by atoms with Crippen LogP contribution in [0.4, 0.5) is 0 Å². The Hall–Kier alpha value is -1.22. The first-order chi connectivity index (χ1) is 8.86. The highest BCUT2D eigenvalue weighted by Crippen LogP contribution is 2.35. The lowest BCUT2D eigenvalue weighted by Gasteiger charge is -2.27. The fraction of sp³-hybridized carbons (Fsp3) is 0.600. The first-order valence-corrected chi connectivity index (χ1v) is 6.95. The third kappa shape index (κ3) is 2.32. The molecule has 1 heterocycles. The van der Waals surface area contributed by atoms with Crippen molar-refractivity contribution in [1.29, 1.82) is 0 Å². The summed E-state index contributed by atoms with van der Waals surface area (Å²) >= 11 is 0. The normalized spacial score (nSPS) is 23.7. The van der Waals surface area contributed by atoms with Gasteiger partial charge in [0.1, 0.15) is 0 Å². The van der Waals surface area contributed by atoms with Gasteiger partial charge in [-0.1, -0.05) is 6.07 Å². The van der Waals surface area contributed by atoms with E-state index in [0.29, 0.717) is 12.1 Å². The Morgan fingerprint density at radius 3 is 2.61 bits per heavy atom. The lowest BCUT2D eigenvalue weighted by atomic mass is 9.96. The van der Waals surface area contributed by atoms with Crippen LogP contribution in [0.15, 0.2) is 18.2 Å². The zero-order chi connectivity index (χ0) is 12.4.